The molecule has 1 saturated heterocycles. The Bertz CT molecular complexity index is 367. The normalized spacial score (nSPS) is 22.5. The third-order valence-corrected chi connectivity index (χ3v) is 2.35. The van der Waals surface area contributed by atoms with Gasteiger partial charge in [-0.2, -0.15) is 13.0 Å². The highest BCUT2D eigenvalue weighted by Gasteiger charge is 2.39. The molecule has 1 aliphatic rings. The summed E-state index contributed by atoms with van der Waals surface area (Å²) < 4.78 is 36.2. The number of hydrazine groups is 1. The first-order valence-electron chi connectivity index (χ1n) is 2.60. The lowest BCUT2D eigenvalue weighted by atomic mass is 11.2. The van der Waals surface area contributed by atoms with E-state index in [1.165, 1.54) is 10.1 Å². The SMILES string of the molecule is O=C1NN(OP(=O)(O)O)S(=O)(=O)N1. The van der Waals surface area contributed by atoms with E-state index in [1.54, 1.807) is 0 Å². The molecule has 0 atom stereocenters. The summed E-state index contributed by atoms with van der Waals surface area (Å²) in [4.78, 5) is 26.8. The van der Waals surface area contributed by atoms with Gasteiger partial charge in [-0.25, -0.2) is 19.5 Å². The minimum Gasteiger partial charge on any atom is -0.302 e. The number of nitrogens with zero attached hydrogens (tertiary/aromatic N) is 1. The Kier molecular flexibility index (Phi) is 2.32. The van der Waals surface area contributed by atoms with Crippen molar-refractivity contribution in [1.29, 1.82) is 0 Å². The van der Waals surface area contributed by atoms with Gasteiger partial charge in [0.15, 0.2) is 0 Å². The van der Waals surface area contributed by atoms with Crippen LogP contribution in [0.15, 0.2) is 0 Å². The summed E-state index contributed by atoms with van der Waals surface area (Å²) in [6, 6.07) is -1.17. The molecule has 2 amide bonds. The maximum atomic E-state index is 10.7. The topological polar surface area (TPSA) is 145 Å². The highest BCUT2D eigenvalue weighted by molar-refractivity contribution is 7.88. The largest absolute Gasteiger partial charge is 0.488 e. The van der Waals surface area contributed by atoms with Crippen molar-refractivity contribution in [2.75, 3.05) is 0 Å². The molecule has 1 rings (SSSR count). The smallest absolute Gasteiger partial charge is 0.302 e. The Morgan fingerprint density at radius 1 is 1.46 bits per heavy atom. The van der Waals surface area contributed by atoms with E-state index in [9.17, 15) is 17.8 Å². The number of hydrogen-bond acceptors (Lipinski definition) is 5. The highest BCUT2D eigenvalue weighted by atomic mass is 32.2. The molecule has 12 heteroatoms. The number of phosphoric acid groups is 1. The summed E-state index contributed by atoms with van der Waals surface area (Å²) in [6.45, 7) is 0. The number of rotatable bonds is 2. The molecule has 1 fully saturated rings. The van der Waals surface area contributed by atoms with Crippen molar-refractivity contribution in [1.82, 2.24) is 14.7 Å². The van der Waals surface area contributed by atoms with E-state index in [0.717, 1.165) is 0 Å². The highest BCUT2D eigenvalue weighted by Crippen LogP contribution is 2.37. The zero-order valence-electron chi connectivity index (χ0n) is 5.74. The average Bonchev–Trinajstić information content (AvgIpc) is 2.00. The quantitative estimate of drug-likeness (QED) is 0.395. The second-order valence-corrected chi connectivity index (χ2v) is 4.48. The lowest BCUT2D eigenvalue weighted by Crippen LogP contribution is -2.34. The van der Waals surface area contributed by atoms with Gasteiger partial charge in [0, 0.05) is 4.58 Å². The number of carbonyl (C=O) groups is 1. The van der Waals surface area contributed by atoms with Gasteiger partial charge in [-0.15, -0.1) is 0 Å². The third kappa shape index (κ3) is 2.62. The van der Waals surface area contributed by atoms with Crippen molar-refractivity contribution in [3.05, 3.63) is 0 Å². The fourth-order valence-electron chi connectivity index (χ4n) is 0.485. The summed E-state index contributed by atoms with van der Waals surface area (Å²) in [7, 11) is -9.39. The van der Waals surface area contributed by atoms with Gasteiger partial charge < -0.3 is 9.79 Å². The van der Waals surface area contributed by atoms with Crippen LogP contribution in [0.5, 0.6) is 0 Å². The summed E-state index contributed by atoms with van der Waals surface area (Å²) in [5, 5.41) is 0. The van der Waals surface area contributed by atoms with Crippen LogP contribution in [-0.2, 0) is 19.4 Å². The lowest BCUT2D eigenvalue weighted by Gasteiger charge is -2.11. The molecule has 0 bridgehead atoms. The van der Waals surface area contributed by atoms with E-state index in [1.807, 2.05) is 0 Å². The summed E-state index contributed by atoms with van der Waals surface area (Å²) >= 11 is 0. The van der Waals surface area contributed by atoms with Crippen molar-refractivity contribution in [2.45, 2.75) is 0 Å². The molecule has 1 heterocycles. The molecule has 4 N–H and O–H groups in total. The van der Waals surface area contributed by atoms with Gasteiger partial charge in [-0.1, -0.05) is 0 Å². The molecule has 13 heavy (non-hydrogen) atoms. The zero-order chi connectivity index (χ0) is 10.3. The van der Waals surface area contributed by atoms with Crippen LogP contribution in [-0.4, -0.2) is 28.8 Å². The van der Waals surface area contributed by atoms with Crippen LogP contribution >= 0.6 is 7.82 Å². The Morgan fingerprint density at radius 3 is 2.31 bits per heavy atom. The summed E-state index contributed by atoms with van der Waals surface area (Å²) in [5.41, 5.74) is 1.48. The molecule has 0 aromatic carbocycles. The van der Waals surface area contributed by atoms with Crippen molar-refractivity contribution in [3.63, 3.8) is 0 Å². The Labute approximate surface area is 71.8 Å². The van der Waals surface area contributed by atoms with Gasteiger partial charge in [0.05, 0.1) is 0 Å². The maximum Gasteiger partial charge on any atom is 0.488 e. The lowest BCUT2D eigenvalue weighted by molar-refractivity contribution is -0.0202. The minimum absolute atomic E-state index is 0.351. The number of hydrogen-bond donors (Lipinski definition) is 4. The van der Waals surface area contributed by atoms with Crippen molar-refractivity contribution in [2.24, 2.45) is 0 Å². The molecular weight excluding hydrogens is 229 g/mol. The molecule has 1 aliphatic heterocycles. The van der Waals surface area contributed by atoms with E-state index < -0.39 is 24.1 Å². The molecule has 0 aromatic rings. The second kappa shape index (κ2) is 2.90. The first-order chi connectivity index (χ1) is 5.71. The first kappa shape index (κ1) is 10.4. The summed E-state index contributed by atoms with van der Waals surface area (Å²) in [6.07, 6.45) is 0. The number of carbonyl (C=O) groups excluding carboxylic acids is 1. The van der Waals surface area contributed by atoms with Gasteiger partial charge in [-0.3, -0.25) is 0 Å². The molecule has 0 aliphatic carbocycles. The molecule has 0 aromatic heterocycles. The van der Waals surface area contributed by atoms with Crippen LogP contribution in [0.1, 0.15) is 0 Å². The predicted molar refractivity (Wildman–Crippen MR) is 35.6 cm³/mol. The number of urea groups is 1. The maximum absolute atomic E-state index is 10.7. The third-order valence-electron chi connectivity index (χ3n) is 0.813. The van der Waals surface area contributed by atoms with Crippen LogP contribution in [0.4, 0.5) is 4.79 Å². The number of nitrogens with one attached hydrogen (secondary N) is 2. The average molecular weight is 233 g/mol. The van der Waals surface area contributed by atoms with Crippen molar-refractivity contribution < 1.29 is 32.2 Å². The van der Waals surface area contributed by atoms with Gasteiger partial charge >= 0.3 is 24.1 Å². The van der Waals surface area contributed by atoms with E-state index in [2.05, 4.69) is 4.62 Å². The second-order valence-electron chi connectivity index (χ2n) is 1.85. The van der Waals surface area contributed by atoms with E-state index >= 15 is 0 Å². The van der Waals surface area contributed by atoms with Gasteiger partial charge in [0.1, 0.15) is 0 Å². The molecule has 0 radical (unpaired) electrons. The fourth-order valence-corrected chi connectivity index (χ4v) is 1.90. The van der Waals surface area contributed by atoms with Gasteiger partial charge in [0.25, 0.3) is 0 Å². The Morgan fingerprint density at radius 2 is 2.00 bits per heavy atom. The molecule has 10 nitrogen and oxygen atoms in total. The van der Waals surface area contributed by atoms with Crippen LogP contribution < -0.4 is 10.1 Å². The standard InChI is InChI=1S/CH4N3O7PS/c5-1-2-4(11-12(6,7)8)13(9,10)3-1/h(H2,2,3,5)(H2,6,7,8). The molecule has 76 valence electrons. The van der Waals surface area contributed by atoms with E-state index in [0.29, 0.717) is 0 Å². The Balaban J connectivity index is 2.84. The van der Waals surface area contributed by atoms with E-state index in [4.69, 9.17) is 9.79 Å². The van der Waals surface area contributed by atoms with Crippen molar-refractivity contribution in [3.8, 4) is 0 Å². The van der Waals surface area contributed by atoms with Crippen LogP contribution in [0.25, 0.3) is 0 Å². The predicted octanol–water partition coefficient (Wildman–Crippen LogP) is -2.21. The molecule has 0 saturated carbocycles. The zero-order valence-corrected chi connectivity index (χ0v) is 7.45. The fraction of sp³-hybridized carbons (Fsp3) is 0. The van der Waals surface area contributed by atoms with Gasteiger partial charge in [0.2, 0.25) is 0 Å². The summed E-state index contributed by atoms with van der Waals surface area (Å²) in [5.74, 6) is 0. The molecule has 0 spiro atoms. The Hall–Kier alpha value is -0.710. The molecule has 0 unspecified atom stereocenters. The molecular formula is CH4N3O7PS. The number of amides is 2. The van der Waals surface area contributed by atoms with Crippen LogP contribution in [0.3, 0.4) is 0 Å². The monoisotopic (exact) mass is 233 g/mol. The first-order valence-corrected chi connectivity index (χ1v) is 5.57. The van der Waals surface area contributed by atoms with Crippen LogP contribution in [0.2, 0.25) is 0 Å². The van der Waals surface area contributed by atoms with Crippen molar-refractivity contribution >= 4 is 24.1 Å². The van der Waals surface area contributed by atoms with Gasteiger partial charge in [-0.05, 0) is 0 Å². The minimum atomic E-state index is -5.03. The van der Waals surface area contributed by atoms with Crippen LogP contribution in [0, 0.1) is 0 Å². The van der Waals surface area contributed by atoms with E-state index in [-0.39, 0.29) is 4.58 Å².